The molecule has 2 aromatic rings. The first-order valence-electron chi connectivity index (χ1n) is 7.04. The van der Waals surface area contributed by atoms with Crippen molar-refractivity contribution in [1.29, 1.82) is 0 Å². The molecular formula is C15H14ClF2N3O3. The van der Waals surface area contributed by atoms with E-state index in [4.69, 9.17) is 11.6 Å². The molecule has 24 heavy (non-hydrogen) atoms. The average molecular weight is 358 g/mol. The summed E-state index contributed by atoms with van der Waals surface area (Å²) in [5.41, 5.74) is 0.0266. The number of ether oxygens (including phenoxy) is 1. The maximum Gasteiger partial charge on any atom is 0.387 e. The summed E-state index contributed by atoms with van der Waals surface area (Å²) >= 11 is 5.82. The molecule has 0 radical (unpaired) electrons. The molecule has 0 fully saturated rings. The molecule has 1 aromatic heterocycles. The first-order valence-corrected chi connectivity index (χ1v) is 7.42. The molecular weight excluding hydrogens is 344 g/mol. The highest BCUT2D eigenvalue weighted by Crippen LogP contribution is 2.29. The van der Waals surface area contributed by atoms with Crippen molar-refractivity contribution in [1.82, 2.24) is 9.78 Å². The molecule has 9 heteroatoms. The lowest BCUT2D eigenvalue weighted by Gasteiger charge is -2.10. The zero-order chi connectivity index (χ0) is 17.7. The number of carbonyl (C=O) groups is 1. The molecule has 0 bridgehead atoms. The summed E-state index contributed by atoms with van der Waals surface area (Å²) in [5.74, 6) is -0.752. The maximum absolute atomic E-state index is 12.2. The Kier molecular flexibility index (Phi) is 5.86. The molecule has 0 aliphatic heterocycles. The van der Waals surface area contributed by atoms with Gasteiger partial charge >= 0.3 is 6.61 Å². The molecule has 0 saturated carbocycles. The topological polar surface area (TPSA) is 73.2 Å². The smallest absolute Gasteiger partial charge is 0.387 e. The summed E-state index contributed by atoms with van der Waals surface area (Å²) in [6, 6.07) is 6.42. The van der Waals surface area contributed by atoms with Gasteiger partial charge in [-0.3, -0.25) is 9.59 Å². The van der Waals surface area contributed by atoms with Gasteiger partial charge in [0, 0.05) is 18.3 Å². The van der Waals surface area contributed by atoms with Crippen LogP contribution in [0.2, 0.25) is 5.02 Å². The molecule has 0 unspecified atom stereocenters. The van der Waals surface area contributed by atoms with Crippen LogP contribution in [0.3, 0.4) is 0 Å². The number of benzene rings is 1. The number of hydrogen-bond donors (Lipinski definition) is 1. The first kappa shape index (κ1) is 17.9. The van der Waals surface area contributed by atoms with E-state index in [1.165, 1.54) is 35.0 Å². The van der Waals surface area contributed by atoms with Gasteiger partial charge in [0.2, 0.25) is 0 Å². The lowest BCUT2D eigenvalue weighted by atomic mass is 10.3. The molecule has 0 aliphatic carbocycles. The van der Waals surface area contributed by atoms with Gasteiger partial charge in [0.25, 0.3) is 11.5 Å². The highest BCUT2D eigenvalue weighted by molar-refractivity contribution is 6.32. The van der Waals surface area contributed by atoms with Crippen molar-refractivity contribution < 1.29 is 18.3 Å². The van der Waals surface area contributed by atoms with E-state index in [0.717, 1.165) is 0 Å². The van der Waals surface area contributed by atoms with Crippen LogP contribution in [0, 0.1) is 0 Å². The number of carbonyl (C=O) groups excluding carboxylic acids is 1. The molecule has 0 saturated heterocycles. The van der Waals surface area contributed by atoms with Gasteiger partial charge in [-0.25, -0.2) is 4.68 Å². The van der Waals surface area contributed by atoms with Crippen molar-refractivity contribution in [3.05, 3.63) is 51.4 Å². The summed E-state index contributed by atoms with van der Waals surface area (Å²) in [6.07, 6.45) is 0.694. The van der Waals surface area contributed by atoms with Crippen LogP contribution in [-0.4, -0.2) is 22.3 Å². The fraction of sp³-hybridized carbons (Fsp3) is 0.267. The minimum absolute atomic E-state index is 0.0482. The quantitative estimate of drug-likeness (QED) is 0.861. The Morgan fingerprint density at radius 3 is 2.75 bits per heavy atom. The van der Waals surface area contributed by atoms with Gasteiger partial charge in [0.1, 0.15) is 11.4 Å². The monoisotopic (exact) mass is 357 g/mol. The first-order chi connectivity index (χ1) is 11.4. The highest BCUT2D eigenvalue weighted by atomic mass is 35.5. The molecule has 2 rings (SSSR count). The van der Waals surface area contributed by atoms with Crippen LogP contribution < -0.4 is 15.6 Å². The largest absolute Gasteiger partial charge is 0.433 e. The van der Waals surface area contributed by atoms with Gasteiger partial charge in [0.15, 0.2) is 0 Å². The van der Waals surface area contributed by atoms with Crippen LogP contribution in [0.15, 0.2) is 35.1 Å². The number of anilines is 1. The summed E-state index contributed by atoms with van der Waals surface area (Å²) in [7, 11) is 0. The number of hydrogen-bond acceptors (Lipinski definition) is 4. The lowest BCUT2D eigenvalue weighted by molar-refractivity contribution is -0.0497. The van der Waals surface area contributed by atoms with Gasteiger partial charge in [-0.2, -0.15) is 13.9 Å². The van der Waals surface area contributed by atoms with Gasteiger partial charge in [0.05, 0.1) is 5.02 Å². The Morgan fingerprint density at radius 1 is 1.38 bits per heavy atom. The van der Waals surface area contributed by atoms with Gasteiger partial charge < -0.3 is 10.1 Å². The van der Waals surface area contributed by atoms with Gasteiger partial charge in [-0.15, -0.1) is 0 Å². The number of nitrogens with zero attached hydrogens (tertiary/aromatic N) is 2. The van der Waals surface area contributed by atoms with Crippen LogP contribution in [0.1, 0.15) is 23.8 Å². The van der Waals surface area contributed by atoms with Crippen molar-refractivity contribution in [2.45, 2.75) is 26.5 Å². The van der Waals surface area contributed by atoms with E-state index in [9.17, 15) is 18.4 Å². The van der Waals surface area contributed by atoms with E-state index in [2.05, 4.69) is 15.2 Å². The fourth-order valence-corrected chi connectivity index (χ4v) is 2.13. The van der Waals surface area contributed by atoms with E-state index in [-0.39, 0.29) is 27.7 Å². The normalized spacial score (nSPS) is 10.7. The predicted molar refractivity (Wildman–Crippen MR) is 84.8 cm³/mol. The number of nitrogens with one attached hydrogen (secondary N) is 1. The van der Waals surface area contributed by atoms with Gasteiger partial charge in [-0.05, 0) is 30.7 Å². The van der Waals surface area contributed by atoms with Crippen molar-refractivity contribution in [2.24, 2.45) is 0 Å². The second-order valence-corrected chi connectivity index (χ2v) is 5.16. The molecule has 1 heterocycles. The molecule has 1 aromatic carbocycles. The zero-order valence-corrected chi connectivity index (χ0v) is 13.4. The Hall–Kier alpha value is -2.48. The number of amides is 1. The number of alkyl halides is 2. The predicted octanol–water partition coefficient (Wildman–Crippen LogP) is 3.16. The maximum atomic E-state index is 12.2. The minimum atomic E-state index is -2.99. The zero-order valence-electron chi connectivity index (χ0n) is 12.6. The lowest BCUT2D eigenvalue weighted by Crippen LogP contribution is -2.26. The average Bonchev–Trinajstić information content (AvgIpc) is 2.52. The van der Waals surface area contributed by atoms with Crippen molar-refractivity contribution in [3.8, 4) is 5.75 Å². The summed E-state index contributed by atoms with van der Waals surface area (Å²) in [5, 5.41) is 6.42. The highest BCUT2D eigenvalue weighted by Gasteiger charge is 2.13. The number of aryl methyl sites for hydroxylation is 1. The van der Waals surface area contributed by atoms with Crippen molar-refractivity contribution in [2.75, 3.05) is 5.32 Å². The SMILES string of the molecule is CCCn1nc(C(=O)Nc2ccc(OC(F)F)c(Cl)c2)ccc1=O. The van der Waals surface area contributed by atoms with E-state index in [0.29, 0.717) is 13.0 Å². The summed E-state index contributed by atoms with van der Waals surface area (Å²) in [6.45, 7) is -0.719. The van der Waals surface area contributed by atoms with E-state index >= 15 is 0 Å². The Balaban J connectivity index is 2.16. The van der Waals surface area contributed by atoms with E-state index < -0.39 is 12.5 Å². The number of aromatic nitrogens is 2. The number of rotatable bonds is 6. The second kappa shape index (κ2) is 7.87. The molecule has 0 atom stereocenters. The van der Waals surface area contributed by atoms with Crippen LogP contribution in [0.25, 0.3) is 0 Å². The van der Waals surface area contributed by atoms with Crippen LogP contribution >= 0.6 is 11.6 Å². The minimum Gasteiger partial charge on any atom is -0.433 e. The molecule has 1 amide bonds. The number of halogens is 3. The van der Waals surface area contributed by atoms with Crippen molar-refractivity contribution >= 4 is 23.2 Å². The third-order valence-corrected chi connectivity index (χ3v) is 3.24. The molecule has 128 valence electrons. The molecule has 0 aliphatic rings. The molecule has 6 nitrogen and oxygen atoms in total. The van der Waals surface area contributed by atoms with Gasteiger partial charge in [-0.1, -0.05) is 18.5 Å². The van der Waals surface area contributed by atoms with Crippen LogP contribution in [0.5, 0.6) is 5.75 Å². The standard InChI is InChI=1S/C15H14ClF2N3O3/c1-2-7-21-13(22)6-4-11(20-21)14(23)19-9-3-5-12(10(16)8-9)24-15(17)18/h3-6,8,15H,2,7H2,1H3,(H,19,23). The Labute approximate surface area is 141 Å². The Morgan fingerprint density at radius 2 is 2.12 bits per heavy atom. The molecule has 1 N–H and O–H groups in total. The third kappa shape index (κ3) is 4.51. The molecule has 0 spiro atoms. The Bertz CT molecular complexity index is 796. The second-order valence-electron chi connectivity index (χ2n) is 4.76. The summed E-state index contributed by atoms with van der Waals surface area (Å²) < 4.78 is 29.8. The fourth-order valence-electron chi connectivity index (χ4n) is 1.91. The third-order valence-electron chi connectivity index (χ3n) is 2.94. The van der Waals surface area contributed by atoms with Crippen LogP contribution in [-0.2, 0) is 6.54 Å². The summed E-state index contributed by atoms with van der Waals surface area (Å²) in [4.78, 5) is 23.8. The van der Waals surface area contributed by atoms with Crippen LogP contribution in [0.4, 0.5) is 14.5 Å². The van der Waals surface area contributed by atoms with E-state index in [1.54, 1.807) is 0 Å². The van der Waals surface area contributed by atoms with Crippen molar-refractivity contribution in [3.63, 3.8) is 0 Å². The van der Waals surface area contributed by atoms with E-state index in [1.807, 2.05) is 6.92 Å².